The molecule has 0 aliphatic heterocycles. The fourth-order valence-electron chi connectivity index (χ4n) is 1.87. The molecule has 20 heavy (non-hydrogen) atoms. The van der Waals surface area contributed by atoms with E-state index in [0.29, 0.717) is 0 Å². The number of amides is 2. The summed E-state index contributed by atoms with van der Waals surface area (Å²) in [7, 11) is 0. The van der Waals surface area contributed by atoms with Crippen LogP contribution in [0.1, 0.15) is 44.9 Å². The van der Waals surface area contributed by atoms with Gasteiger partial charge in [0.05, 0.1) is 6.04 Å². The molecule has 0 radical (unpaired) electrons. The number of hydrogen-bond acceptors (Lipinski definition) is 2. The van der Waals surface area contributed by atoms with Crippen molar-refractivity contribution in [3.8, 4) is 0 Å². The van der Waals surface area contributed by atoms with Crippen molar-refractivity contribution in [1.29, 1.82) is 0 Å². The van der Waals surface area contributed by atoms with Crippen LogP contribution in [0.5, 0.6) is 0 Å². The van der Waals surface area contributed by atoms with Crippen molar-refractivity contribution < 1.29 is 9.90 Å². The zero-order valence-corrected chi connectivity index (χ0v) is 12.8. The molecule has 3 unspecified atom stereocenters. The summed E-state index contributed by atoms with van der Waals surface area (Å²) in [5.41, 5.74) is 2.37. The standard InChI is InChI=1S/C16H26N2O2/c1-5-14-6-8-15(9-7-14)13(4)18-16(20)17-12(3)11(2)10-19/h6-9,11-13,19H,5,10H2,1-4H3,(H2,17,18,20). The third kappa shape index (κ3) is 4.85. The van der Waals surface area contributed by atoms with Crippen molar-refractivity contribution in [3.63, 3.8) is 0 Å². The second-order valence-electron chi connectivity index (χ2n) is 5.38. The molecule has 4 heteroatoms. The summed E-state index contributed by atoms with van der Waals surface area (Å²) < 4.78 is 0. The molecule has 1 aromatic rings. The highest BCUT2D eigenvalue weighted by Crippen LogP contribution is 2.13. The van der Waals surface area contributed by atoms with Crippen molar-refractivity contribution in [2.75, 3.05) is 6.61 Å². The Kier molecular flexibility index (Phi) is 6.52. The first-order valence-corrected chi connectivity index (χ1v) is 7.24. The van der Waals surface area contributed by atoms with Crippen LogP contribution in [0.15, 0.2) is 24.3 Å². The molecular weight excluding hydrogens is 252 g/mol. The van der Waals surface area contributed by atoms with Crippen LogP contribution in [0.25, 0.3) is 0 Å². The van der Waals surface area contributed by atoms with Gasteiger partial charge in [0.2, 0.25) is 0 Å². The number of carbonyl (C=O) groups excluding carboxylic acids is 1. The normalized spacial score (nSPS) is 15.2. The maximum Gasteiger partial charge on any atom is 0.315 e. The van der Waals surface area contributed by atoms with Crippen LogP contribution in [0.4, 0.5) is 4.79 Å². The highest BCUT2D eigenvalue weighted by Gasteiger charge is 2.15. The lowest BCUT2D eigenvalue weighted by atomic mass is 10.0. The van der Waals surface area contributed by atoms with Crippen LogP contribution in [-0.4, -0.2) is 23.8 Å². The Balaban J connectivity index is 2.52. The molecular formula is C16H26N2O2. The zero-order valence-electron chi connectivity index (χ0n) is 12.8. The quantitative estimate of drug-likeness (QED) is 0.749. The average molecular weight is 278 g/mol. The van der Waals surface area contributed by atoms with Gasteiger partial charge in [-0.25, -0.2) is 4.79 Å². The van der Waals surface area contributed by atoms with Crippen molar-refractivity contribution in [3.05, 3.63) is 35.4 Å². The molecule has 3 N–H and O–H groups in total. The summed E-state index contributed by atoms with van der Waals surface area (Å²) in [6, 6.07) is 7.95. The topological polar surface area (TPSA) is 61.4 Å². The van der Waals surface area contributed by atoms with E-state index in [1.807, 2.05) is 32.9 Å². The van der Waals surface area contributed by atoms with E-state index < -0.39 is 0 Å². The fourth-order valence-corrected chi connectivity index (χ4v) is 1.87. The number of benzene rings is 1. The third-order valence-corrected chi connectivity index (χ3v) is 3.74. The van der Waals surface area contributed by atoms with Crippen molar-refractivity contribution in [2.45, 2.75) is 46.2 Å². The van der Waals surface area contributed by atoms with Gasteiger partial charge in [0, 0.05) is 12.6 Å². The number of hydrogen-bond donors (Lipinski definition) is 3. The summed E-state index contributed by atoms with van der Waals surface area (Å²) in [5.74, 6) is 0.0416. The van der Waals surface area contributed by atoms with Gasteiger partial charge in [-0.1, -0.05) is 38.1 Å². The minimum Gasteiger partial charge on any atom is -0.396 e. The van der Waals surface area contributed by atoms with Crippen LogP contribution >= 0.6 is 0 Å². The van der Waals surface area contributed by atoms with Gasteiger partial charge in [0.15, 0.2) is 0 Å². The minimum atomic E-state index is -0.204. The van der Waals surface area contributed by atoms with Gasteiger partial charge in [0.25, 0.3) is 0 Å². The molecule has 0 fully saturated rings. The van der Waals surface area contributed by atoms with Gasteiger partial charge >= 0.3 is 6.03 Å². The van der Waals surface area contributed by atoms with Gasteiger partial charge in [-0.3, -0.25) is 0 Å². The summed E-state index contributed by atoms with van der Waals surface area (Å²) in [6.45, 7) is 7.93. The average Bonchev–Trinajstić information content (AvgIpc) is 2.46. The number of aliphatic hydroxyl groups is 1. The van der Waals surface area contributed by atoms with Gasteiger partial charge in [-0.2, -0.15) is 0 Å². The number of aryl methyl sites for hydroxylation is 1. The van der Waals surface area contributed by atoms with E-state index in [0.717, 1.165) is 12.0 Å². The first-order valence-electron chi connectivity index (χ1n) is 7.24. The molecule has 3 atom stereocenters. The van der Waals surface area contributed by atoms with Crippen LogP contribution in [0.2, 0.25) is 0 Å². The minimum absolute atomic E-state index is 0.0416. The van der Waals surface area contributed by atoms with E-state index in [1.54, 1.807) is 0 Å². The van der Waals surface area contributed by atoms with Gasteiger partial charge < -0.3 is 15.7 Å². The summed E-state index contributed by atoms with van der Waals surface area (Å²) in [6.07, 6.45) is 1.01. The Morgan fingerprint density at radius 1 is 1.15 bits per heavy atom. The Bertz CT molecular complexity index is 417. The smallest absolute Gasteiger partial charge is 0.315 e. The molecule has 112 valence electrons. The van der Waals surface area contributed by atoms with Crippen LogP contribution in [0, 0.1) is 5.92 Å². The number of urea groups is 1. The van der Waals surface area contributed by atoms with E-state index in [-0.39, 0.29) is 30.6 Å². The number of rotatable bonds is 6. The van der Waals surface area contributed by atoms with Gasteiger partial charge in [0.1, 0.15) is 0 Å². The first kappa shape index (κ1) is 16.5. The highest BCUT2D eigenvalue weighted by molar-refractivity contribution is 5.74. The molecule has 0 saturated carbocycles. The number of carbonyl (C=O) groups is 1. The Morgan fingerprint density at radius 3 is 2.25 bits per heavy atom. The van der Waals surface area contributed by atoms with E-state index in [9.17, 15) is 4.79 Å². The van der Waals surface area contributed by atoms with E-state index in [4.69, 9.17) is 5.11 Å². The highest BCUT2D eigenvalue weighted by atomic mass is 16.3. The zero-order chi connectivity index (χ0) is 15.1. The van der Waals surface area contributed by atoms with Crippen LogP contribution < -0.4 is 10.6 Å². The molecule has 0 aromatic heterocycles. The van der Waals surface area contributed by atoms with Gasteiger partial charge in [-0.15, -0.1) is 0 Å². The predicted molar refractivity (Wildman–Crippen MR) is 81.6 cm³/mol. The maximum absolute atomic E-state index is 11.9. The largest absolute Gasteiger partial charge is 0.396 e. The molecule has 1 aromatic carbocycles. The lowest BCUT2D eigenvalue weighted by Gasteiger charge is -2.21. The van der Waals surface area contributed by atoms with E-state index in [1.165, 1.54) is 5.56 Å². The number of nitrogens with one attached hydrogen (secondary N) is 2. The Morgan fingerprint density at radius 2 is 1.75 bits per heavy atom. The van der Waals surface area contributed by atoms with Gasteiger partial charge in [-0.05, 0) is 37.3 Å². The Hall–Kier alpha value is -1.55. The number of aliphatic hydroxyl groups excluding tert-OH is 1. The molecule has 0 spiro atoms. The molecule has 2 amide bonds. The van der Waals surface area contributed by atoms with E-state index >= 15 is 0 Å². The lowest BCUT2D eigenvalue weighted by molar-refractivity contribution is 0.199. The summed E-state index contributed by atoms with van der Waals surface area (Å²) >= 11 is 0. The summed E-state index contributed by atoms with van der Waals surface area (Å²) in [4.78, 5) is 11.9. The fraction of sp³-hybridized carbons (Fsp3) is 0.562. The van der Waals surface area contributed by atoms with E-state index in [2.05, 4.69) is 29.7 Å². The third-order valence-electron chi connectivity index (χ3n) is 3.74. The monoisotopic (exact) mass is 278 g/mol. The van der Waals surface area contributed by atoms with Crippen molar-refractivity contribution in [2.24, 2.45) is 5.92 Å². The van der Waals surface area contributed by atoms with Crippen LogP contribution in [-0.2, 0) is 6.42 Å². The lowest BCUT2D eigenvalue weighted by Crippen LogP contribution is -2.44. The molecule has 4 nitrogen and oxygen atoms in total. The molecule has 0 bridgehead atoms. The molecule has 0 aliphatic carbocycles. The molecule has 0 heterocycles. The van der Waals surface area contributed by atoms with Crippen molar-refractivity contribution in [1.82, 2.24) is 10.6 Å². The first-order chi connectivity index (χ1) is 9.47. The predicted octanol–water partition coefficient (Wildman–Crippen LogP) is 2.63. The second kappa shape index (κ2) is 7.90. The SMILES string of the molecule is CCc1ccc(C(C)NC(=O)NC(C)C(C)CO)cc1. The molecule has 0 aliphatic rings. The maximum atomic E-state index is 11.9. The Labute approximate surface area is 121 Å². The van der Waals surface area contributed by atoms with Crippen LogP contribution in [0.3, 0.4) is 0 Å². The molecule has 0 saturated heterocycles. The van der Waals surface area contributed by atoms with Crippen molar-refractivity contribution >= 4 is 6.03 Å². The summed E-state index contributed by atoms with van der Waals surface area (Å²) in [5, 5.41) is 14.8. The second-order valence-corrected chi connectivity index (χ2v) is 5.38. The molecule has 1 rings (SSSR count).